The van der Waals surface area contributed by atoms with Crippen LogP contribution in [0.25, 0.3) is 0 Å². The summed E-state index contributed by atoms with van der Waals surface area (Å²) in [5.41, 5.74) is 4.77. The van der Waals surface area contributed by atoms with E-state index in [2.05, 4.69) is 38.2 Å². The summed E-state index contributed by atoms with van der Waals surface area (Å²) in [6.07, 6.45) is 0.160. The van der Waals surface area contributed by atoms with Gasteiger partial charge in [-0.05, 0) is 38.8 Å². The van der Waals surface area contributed by atoms with Crippen molar-refractivity contribution in [3.8, 4) is 0 Å². The van der Waals surface area contributed by atoms with Crippen molar-refractivity contribution in [1.82, 2.24) is 9.80 Å². The first-order chi connectivity index (χ1) is 11.9. The van der Waals surface area contributed by atoms with Crippen LogP contribution in [0.1, 0.15) is 30.0 Å². The third kappa shape index (κ3) is 5.11. The topological polar surface area (TPSA) is 61.9 Å². The summed E-state index contributed by atoms with van der Waals surface area (Å²) in [5.74, 6) is 0.124. The molecule has 0 aromatic heterocycles. The van der Waals surface area contributed by atoms with Crippen molar-refractivity contribution in [2.45, 2.75) is 34.1 Å². The van der Waals surface area contributed by atoms with Gasteiger partial charge in [-0.15, -0.1) is 0 Å². The van der Waals surface area contributed by atoms with Gasteiger partial charge in [-0.3, -0.25) is 4.79 Å². The van der Waals surface area contributed by atoms with E-state index < -0.39 is 0 Å². The van der Waals surface area contributed by atoms with Crippen molar-refractivity contribution in [3.63, 3.8) is 0 Å². The second-order valence-corrected chi connectivity index (χ2v) is 6.52. The first kappa shape index (κ1) is 19.1. The zero-order valence-corrected chi connectivity index (χ0v) is 15.7. The molecule has 1 saturated heterocycles. The molecule has 1 heterocycles. The summed E-state index contributed by atoms with van der Waals surface area (Å²) < 4.78 is 5.00. The van der Waals surface area contributed by atoms with Crippen LogP contribution < -0.4 is 5.32 Å². The van der Waals surface area contributed by atoms with E-state index in [9.17, 15) is 9.59 Å². The Hall–Kier alpha value is -2.24. The molecule has 0 saturated carbocycles. The van der Waals surface area contributed by atoms with E-state index in [1.54, 1.807) is 11.8 Å². The van der Waals surface area contributed by atoms with Crippen LogP contribution in [0, 0.1) is 20.8 Å². The molecule has 6 nitrogen and oxygen atoms in total. The van der Waals surface area contributed by atoms with Crippen molar-refractivity contribution in [2.24, 2.45) is 0 Å². The molecular weight excluding hydrogens is 318 g/mol. The van der Waals surface area contributed by atoms with Gasteiger partial charge in [0.1, 0.15) is 0 Å². The highest BCUT2D eigenvalue weighted by molar-refractivity contribution is 5.77. The molecule has 1 aliphatic heterocycles. The molecule has 1 aromatic carbocycles. The summed E-state index contributed by atoms with van der Waals surface area (Å²) in [4.78, 5) is 27.5. The molecule has 0 spiro atoms. The highest BCUT2D eigenvalue weighted by Crippen LogP contribution is 2.21. The van der Waals surface area contributed by atoms with Gasteiger partial charge in [0, 0.05) is 44.8 Å². The Morgan fingerprint density at radius 2 is 1.60 bits per heavy atom. The summed E-state index contributed by atoms with van der Waals surface area (Å²) in [5, 5.41) is 3.39. The smallest absolute Gasteiger partial charge is 0.409 e. The van der Waals surface area contributed by atoms with Crippen LogP contribution in [0.2, 0.25) is 0 Å². The lowest BCUT2D eigenvalue weighted by molar-refractivity contribution is -0.132. The molecular formula is C19H29N3O3. The lowest BCUT2D eigenvalue weighted by Gasteiger charge is -2.34. The number of amides is 2. The minimum absolute atomic E-state index is 0.124. The number of piperazine rings is 1. The standard InChI is InChI=1S/C19H29N3O3/c1-5-25-19(24)22-10-8-21(9-11-22)17(23)6-7-20-18-15(3)12-14(2)13-16(18)4/h12-13,20H,5-11H2,1-4H3. The van der Waals surface area contributed by atoms with E-state index in [-0.39, 0.29) is 12.0 Å². The fourth-order valence-electron chi connectivity index (χ4n) is 3.26. The number of anilines is 1. The Morgan fingerprint density at radius 1 is 1.04 bits per heavy atom. The molecule has 1 aliphatic rings. The molecule has 2 amide bonds. The van der Waals surface area contributed by atoms with Crippen LogP contribution in [0.3, 0.4) is 0 Å². The number of nitrogens with one attached hydrogen (secondary N) is 1. The number of hydrogen-bond donors (Lipinski definition) is 1. The number of rotatable bonds is 5. The maximum Gasteiger partial charge on any atom is 0.409 e. The Morgan fingerprint density at radius 3 is 2.16 bits per heavy atom. The van der Waals surface area contributed by atoms with E-state index >= 15 is 0 Å². The Balaban J connectivity index is 1.77. The summed E-state index contributed by atoms with van der Waals surface area (Å²) in [7, 11) is 0. The third-order valence-electron chi connectivity index (χ3n) is 4.48. The minimum Gasteiger partial charge on any atom is -0.450 e. The molecule has 0 radical (unpaired) electrons. The average Bonchev–Trinajstić information content (AvgIpc) is 2.57. The molecule has 2 rings (SSSR count). The predicted octanol–water partition coefficient (Wildman–Crippen LogP) is 2.71. The SMILES string of the molecule is CCOC(=O)N1CCN(C(=O)CCNc2c(C)cc(C)cc2C)CC1. The van der Waals surface area contributed by atoms with Crippen LogP contribution in [0.5, 0.6) is 0 Å². The van der Waals surface area contributed by atoms with Crippen molar-refractivity contribution in [3.05, 3.63) is 28.8 Å². The molecule has 25 heavy (non-hydrogen) atoms. The van der Waals surface area contributed by atoms with E-state index in [0.717, 1.165) is 5.69 Å². The number of carbonyl (C=O) groups is 2. The number of hydrogen-bond acceptors (Lipinski definition) is 4. The van der Waals surface area contributed by atoms with Gasteiger partial charge in [-0.1, -0.05) is 17.7 Å². The maximum absolute atomic E-state index is 12.4. The monoisotopic (exact) mass is 347 g/mol. The fourth-order valence-corrected chi connectivity index (χ4v) is 3.26. The van der Waals surface area contributed by atoms with Gasteiger partial charge < -0.3 is 19.9 Å². The van der Waals surface area contributed by atoms with Crippen LogP contribution in [0.15, 0.2) is 12.1 Å². The molecule has 1 fully saturated rings. The molecule has 0 aliphatic carbocycles. The lowest BCUT2D eigenvalue weighted by atomic mass is 10.1. The quantitative estimate of drug-likeness (QED) is 0.890. The van der Waals surface area contributed by atoms with Gasteiger partial charge in [0.2, 0.25) is 5.91 Å². The summed E-state index contributed by atoms with van der Waals surface area (Å²) in [6, 6.07) is 4.29. The van der Waals surface area contributed by atoms with Crippen LogP contribution in [0.4, 0.5) is 10.5 Å². The minimum atomic E-state index is -0.290. The lowest BCUT2D eigenvalue weighted by Crippen LogP contribution is -2.50. The third-order valence-corrected chi connectivity index (χ3v) is 4.48. The van der Waals surface area contributed by atoms with Gasteiger partial charge in [0.05, 0.1) is 6.61 Å². The molecule has 0 atom stereocenters. The van der Waals surface area contributed by atoms with Crippen molar-refractivity contribution < 1.29 is 14.3 Å². The fraction of sp³-hybridized carbons (Fsp3) is 0.579. The van der Waals surface area contributed by atoms with Gasteiger partial charge in [0.25, 0.3) is 0 Å². The molecule has 0 bridgehead atoms. The number of ether oxygens (including phenoxy) is 1. The highest BCUT2D eigenvalue weighted by Gasteiger charge is 2.24. The molecule has 1 aromatic rings. The molecule has 138 valence electrons. The second kappa shape index (κ2) is 8.74. The summed E-state index contributed by atoms with van der Waals surface area (Å²) in [6.45, 7) is 11.2. The normalized spacial score (nSPS) is 14.4. The number of nitrogens with zero attached hydrogens (tertiary/aromatic N) is 2. The molecule has 0 unspecified atom stereocenters. The van der Waals surface area contributed by atoms with Gasteiger partial charge in [0.15, 0.2) is 0 Å². The van der Waals surface area contributed by atoms with Crippen molar-refractivity contribution >= 4 is 17.7 Å². The second-order valence-electron chi connectivity index (χ2n) is 6.52. The zero-order valence-electron chi connectivity index (χ0n) is 15.7. The van der Waals surface area contributed by atoms with E-state index in [1.165, 1.54) is 16.7 Å². The largest absolute Gasteiger partial charge is 0.450 e. The molecule has 1 N–H and O–H groups in total. The first-order valence-electron chi connectivity index (χ1n) is 8.93. The number of aryl methyl sites for hydroxylation is 3. The van der Waals surface area contributed by atoms with Gasteiger partial charge in [-0.25, -0.2) is 4.79 Å². The van der Waals surface area contributed by atoms with E-state index in [4.69, 9.17) is 4.74 Å². The first-order valence-corrected chi connectivity index (χ1v) is 8.93. The zero-order chi connectivity index (χ0) is 18.4. The van der Waals surface area contributed by atoms with Crippen LogP contribution in [-0.4, -0.2) is 61.1 Å². The van der Waals surface area contributed by atoms with Crippen LogP contribution >= 0.6 is 0 Å². The maximum atomic E-state index is 12.4. The van der Waals surface area contributed by atoms with Crippen molar-refractivity contribution in [2.75, 3.05) is 44.6 Å². The Labute approximate surface area is 150 Å². The Bertz CT molecular complexity index is 599. The van der Waals surface area contributed by atoms with E-state index in [0.29, 0.717) is 45.8 Å². The molecule has 6 heteroatoms. The van der Waals surface area contributed by atoms with Gasteiger partial charge in [-0.2, -0.15) is 0 Å². The van der Waals surface area contributed by atoms with E-state index in [1.807, 2.05) is 4.90 Å². The highest BCUT2D eigenvalue weighted by atomic mass is 16.6. The van der Waals surface area contributed by atoms with Gasteiger partial charge >= 0.3 is 6.09 Å². The number of carbonyl (C=O) groups excluding carboxylic acids is 2. The average molecular weight is 347 g/mol. The number of benzene rings is 1. The van der Waals surface area contributed by atoms with Crippen LogP contribution in [-0.2, 0) is 9.53 Å². The predicted molar refractivity (Wildman–Crippen MR) is 98.9 cm³/mol. The summed E-state index contributed by atoms with van der Waals surface area (Å²) >= 11 is 0. The van der Waals surface area contributed by atoms with Crippen molar-refractivity contribution in [1.29, 1.82) is 0 Å². The Kier molecular flexibility index (Phi) is 6.67.